The second-order valence-corrected chi connectivity index (χ2v) is 11.8. The molecular weight excluding hydrogens is 428 g/mol. The number of nitriles is 1. The third-order valence-corrected chi connectivity index (χ3v) is 8.17. The minimum Gasteiger partial charge on any atom is -0.371 e. The zero-order valence-corrected chi connectivity index (χ0v) is 22.2. The molecule has 0 bridgehead atoms. The van der Waals surface area contributed by atoms with E-state index in [0.717, 1.165) is 44.9 Å². The van der Waals surface area contributed by atoms with Gasteiger partial charge in [-0.3, -0.25) is 4.90 Å². The van der Waals surface area contributed by atoms with Gasteiger partial charge in [0.25, 0.3) is 0 Å². The summed E-state index contributed by atoms with van der Waals surface area (Å²) in [6.45, 7) is 17.4. The largest absolute Gasteiger partial charge is 0.371 e. The van der Waals surface area contributed by atoms with Crippen LogP contribution in [0.3, 0.4) is 0 Å². The quantitative estimate of drug-likeness (QED) is 0.502. The first-order valence-electron chi connectivity index (χ1n) is 13.1. The van der Waals surface area contributed by atoms with E-state index in [9.17, 15) is 5.26 Å². The molecule has 2 heterocycles. The molecule has 0 unspecified atom stereocenters. The fraction of sp³-hybridized carbons (Fsp3) is 0.750. The van der Waals surface area contributed by atoms with Crippen LogP contribution in [0.5, 0.6) is 0 Å². The lowest BCUT2D eigenvalue weighted by atomic mass is 9.71. The molecule has 2 aliphatic heterocycles. The molecule has 4 rings (SSSR count). The van der Waals surface area contributed by atoms with Crippen molar-refractivity contribution in [2.45, 2.75) is 72.1 Å². The van der Waals surface area contributed by atoms with E-state index in [1.807, 2.05) is 0 Å². The highest BCUT2D eigenvalue weighted by Gasteiger charge is 2.31. The summed E-state index contributed by atoms with van der Waals surface area (Å²) in [5, 5.41) is 9.27. The van der Waals surface area contributed by atoms with Crippen LogP contribution in [-0.2, 0) is 0 Å². The number of hydrogen-bond acceptors (Lipinski definition) is 4. The van der Waals surface area contributed by atoms with Crippen molar-refractivity contribution >= 4 is 23.8 Å². The maximum absolute atomic E-state index is 9.27. The predicted molar refractivity (Wildman–Crippen MR) is 143 cm³/mol. The number of piperazine rings is 1. The van der Waals surface area contributed by atoms with Crippen molar-refractivity contribution in [1.82, 2.24) is 4.90 Å². The molecule has 4 nitrogen and oxygen atoms in total. The highest BCUT2D eigenvalue weighted by molar-refractivity contribution is 5.85. The van der Waals surface area contributed by atoms with Crippen molar-refractivity contribution in [3.05, 3.63) is 23.8 Å². The predicted octanol–water partition coefficient (Wildman–Crippen LogP) is 6.31. The molecule has 2 saturated heterocycles. The topological polar surface area (TPSA) is 33.5 Å². The molecule has 1 saturated carbocycles. The van der Waals surface area contributed by atoms with E-state index < -0.39 is 0 Å². The van der Waals surface area contributed by atoms with Crippen LogP contribution in [0.25, 0.3) is 0 Å². The van der Waals surface area contributed by atoms with Crippen LogP contribution in [0.15, 0.2) is 18.2 Å². The average Bonchev–Trinajstić information content (AvgIpc) is 2.79. The van der Waals surface area contributed by atoms with Gasteiger partial charge in [0, 0.05) is 63.1 Å². The number of benzene rings is 1. The Morgan fingerprint density at radius 1 is 0.939 bits per heavy atom. The van der Waals surface area contributed by atoms with Gasteiger partial charge in [-0.2, -0.15) is 5.26 Å². The summed E-state index contributed by atoms with van der Waals surface area (Å²) >= 11 is 0. The first-order chi connectivity index (χ1) is 15.3. The van der Waals surface area contributed by atoms with Gasteiger partial charge in [-0.15, -0.1) is 12.4 Å². The molecule has 1 aromatic rings. The monoisotopic (exact) mass is 472 g/mol. The van der Waals surface area contributed by atoms with Crippen molar-refractivity contribution in [3.8, 4) is 6.07 Å². The fourth-order valence-electron chi connectivity index (χ4n) is 6.02. The Morgan fingerprint density at radius 3 is 2.15 bits per heavy atom. The first kappa shape index (κ1) is 26.2. The molecule has 3 fully saturated rings. The van der Waals surface area contributed by atoms with E-state index >= 15 is 0 Å². The summed E-state index contributed by atoms with van der Waals surface area (Å²) in [7, 11) is 0. The van der Waals surface area contributed by atoms with Gasteiger partial charge in [-0.25, -0.2) is 0 Å². The summed E-state index contributed by atoms with van der Waals surface area (Å²) in [4.78, 5) is 7.82. The van der Waals surface area contributed by atoms with Crippen molar-refractivity contribution in [3.63, 3.8) is 0 Å². The van der Waals surface area contributed by atoms with Gasteiger partial charge in [0.05, 0.1) is 6.07 Å². The lowest BCUT2D eigenvalue weighted by Gasteiger charge is -2.41. The molecule has 33 heavy (non-hydrogen) atoms. The van der Waals surface area contributed by atoms with E-state index in [1.54, 1.807) is 5.56 Å². The van der Waals surface area contributed by atoms with Crippen LogP contribution in [0.4, 0.5) is 11.4 Å². The van der Waals surface area contributed by atoms with Gasteiger partial charge in [0.15, 0.2) is 0 Å². The summed E-state index contributed by atoms with van der Waals surface area (Å²) in [5.41, 5.74) is 4.96. The molecule has 5 heteroatoms. The maximum Gasteiger partial charge on any atom is 0.0657 e. The number of piperidine rings is 1. The van der Waals surface area contributed by atoms with Crippen molar-refractivity contribution in [2.24, 2.45) is 17.3 Å². The van der Waals surface area contributed by atoms with Crippen molar-refractivity contribution in [1.29, 1.82) is 5.26 Å². The lowest BCUT2D eigenvalue weighted by Crippen LogP contribution is -2.47. The normalized spacial score (nSPS) is 22.8. The zero-order valence-electron chi connectivity index (χ0n) is 21.4. The summed E-state index contributed by atoms with van der Waals surface area (Å²) in [6, 6.07) is 9.80. The smallest absolute Gasteiger partial charge is 0.0657 e. The average molecular weight is 473 g/mol. The van der Waals surface area contributed by atoms with Crippen LogP contribution in [0.2, 0.25) is 0 Å². The van der Waals surface area contributed by atoms with Gasteiger partial charge in [-0.05, 0) is 79.5 Å². The first-order valence-corrected chi connectivity index (χ1v) is 13.1. The van der Waals surface area contributed by atoms with Gasteiger partial charge in [0.1, 0.15) is 0 Å². The lowest BCUT2D eigenvalue weighted by molar-refractivity contribution is 0.222. The van der Waals surface area contributed by atoms with Crippen molar-refractivity contribution < 1.29 is 0 Å². The maximum atomic E-state index is 9.27. The molecule has 184 valence electrons. The van der Waals surface area contributed by atoms with Crippen molar-refractivity contribution in [2.75, 3.05) is 55.6 Å². The van der Waals surface area contributed by atoms with Crippen LogP contribution < -0.4 is 9.80 Å². The van der Waals surface area contributed by atoms with Gasteiger partial charge in [0.2, 0.25) is 0 Å². The molecule has 0 N–H and O–H groups in total. The van der Waals surface area contributed by atoms with Crippen LogP contribution in [0.1, 0.15) is 77.7 Å². The Hall–Kier alpha value is -1.44. The second-order valence-electron chi connectivity index (χ2n) is 11.8. The molecule has 0 aromatic heterocycles. The van der Waals surface area contributed by atoms with Gasteiger partial charge >= 0.3 is 0 Å². The molecule has 3 aliphatic rings. The third-order valence-electron chi connectivity index (χ3n) is 8.17. The number of rotatable bonds is 5. The standard InChI is InChI=1S/C28H44N4.ClH/c1-22(2)21-30-15-17-32(18-16-30)27-6-5-25(31-13-9-23(20-29)10-14-31)19-26(27)24-7-11-28(3,4)12-8-24;/h5-6,19,22-24H,7-18,21H2,1-4H3;1H. The van der Waals surface area contributed by atoms with E-state index in [2.05, 4.69) is 66.7 Å². The van der Waals surface area contributed by atoms with Gasteiger partial charge in [-0.1, -0.05) is 27.7 Å². The fourth-order valence-corrected chi connectivity index (χ4v) is 6.02. The Kier molecular flexibility index (Phi) is 8.98. The van der Waals surface area contributed by atoms with Crippen LogP contribution >= 0.6 is 12.4 Å². The minimum atomic E-state index is 0. The number of hydrogen-bond donors (Lipinski definition) is 0. The Morgan fingerprint density at radius 2 is 1.58 bits per heavy atom. The second kappa shape index (κ2) is 11.3. The summed E-state index contributed by atoms with van der Waals surface area (Å²) < 4.78 is 0. The third kappa shape index (κ3) is 6.58. The highest BCUT2D eigenvalue weighted by atomic mass is 35.5. The summed E-state index contributed by atoms with van der Waals surface area (Å²) in [6.07, 6.45) is 7.29. The molecule has 0 atom stereocenters. The Labute approximate surface area is 208 Å². The summed E-state index contributed by atoms with van der Waals surface area (Å²) in [5.74, 6) is 1.67. The molecule has 1 aliphatic carbocycles. The minimum absolute atomic E-state index is 0. The molecule has 0 amide bonds. The Balaban J connectivity index is 0.00000306. The van der Waals surface area contributed by atoms with E-state index in [1.165, 1.54) is 56.7 Å². The number of halogens is 1. The molecular formula is C28H45ClN4. The Bertz CT molecular complexity index is 789. The molecule has 0 spiro atoms. The number of anilines is 2. The van der Waals surface area contributed by atoms with E-state index in [4.69, 9.17) is 0 Å². The zero-order chi connectivity index (χ0) is 22.7. The molecule has 0 radical (unpaired) electrons. The van der Waals surface area contributed by atoms with E-state index in [0.29, 0.717) is 11.3 Å². The highest BCUT2D eigenvalue weighted by Crippen LogP contribution is 2.46. The van der Waals surface area contributed by atoms with Gasteiger partial charge < -0.3 is 9.80 Å². The number of nitrogens with zero attached hydrogens (tertiary/aromatic N) is 4. The molecule has 1 aromatic carbocycles. The van der Waals surface area contributed by atoms with E-state index in [-0.39, 0.29) is 18.3 Å². The SMILES string of the molecule is CC(C)CN1CCN(c2ccc(N3CCC(C#N)CC3)cc2C2CCC(C)(C)CC2)CC1.Cl. The van der Waals surface area contributed by atoms with Crippen LogP contribution in [0, 0.1) is 28.6 Å². The van der Waals surface area contributed by atoms with Crippen LogP contribution in [-0.4, -0.2) is 50.7 Å².